The predicted molar refractivity (Wildman–Crippen MR) is 131 cm³/mol. The minimum Gasteiger partial charge on any atom is -0.369 e. The van der Waals surface area contributed by atoms with E-state index in [1.165, 1.54) is 11.1 Å². The molecule has 3 N–H and O–H groups in total. The Kier molecular flexibility index (Phi) is 6.74. The van der Waals surface area contributed by atoms with Crippen molar-refractivity contribution in [3.05, 3.63) is 107 Å². The van der Waals surface area contributed by atoms with Crippen LogP contribution in [-0.2, 0) is 11.2 Å². The van der Waals surface area contributed by atoms with Gasteiger partial charge in [-0.3, -0.25) is 14.8 Å². The lowest BCUT2D eigenvalue weighted by atomic mass is 9.91. The highest BCUT2D eigenvalue weighted by Crippen LogP contribution is 2.32. The molecule has 1 unspecified atom stereocenters. The van der Waals surface area contributed by atoms with Crippen LogP contribution in [0.1, 0.15) is 33.9 Å². The van der Waals surface area contributed by atoms with E-state index in [2.05, 4.69) is 47.3 Å². The zero-order valence-electron chi connectivity index (χ0n) is 18.8. The molecular weight excluding hydrogens is 410 g/mol. The number of aryl methyl sites for hydroxylation is 2. The molecular formula is C27H27N5O. The van der Waals surface area contributed by atoms with E-state index in [0.717, 1.165) is 34.5 Å². The minimum atomic E-state index is -0.656. The van der Waals surface area contributed by atoms with Crippen molar-refractivity contribution in [1.82, 2.24) is 15.0 Å². The van der Waals surface area contributed by atoms with Crippen molar-refractivity contribution < 1.29 is 4.79 Å². The maximum Gasteiger partial charge on any atom is 0.229 e. The SMILES string of the molecule is Cc1cc(C)cc(-c2ccc(C(C(N)=O)c3cccnc3)c(NCCc3ccccn3)n2)c1. The Morgan fingerprint density at radius 1 is 1.00 bits per heavy atom. The molecule has 4 aromatic rings. The van der Waals surface area contributed by atoms with Gasteiger partial charge in [0.15, 0.2) is 0 Å². The molecule has 1 aromatic carbocycles. The van der Waals surface area contributed by atoms with Gasteiger partial charge in [0.25, 0.3) is 0 Å². The number of carbonyl (C=O) groups excluding carboxylic acids is 1. The average molecular weight is 438 g/mol. The van der Waals surface area contributed by atoms with Crippen molar-refractivity contribution in [1.29, 1.82) is 0 Å². The molecule has 0 saturated carbocycles. The van der Waals surface area contributed by atoms with Gasteiger partial charge in [-0.1, -0.05) is 35.4 Å². The molecule has 4 rings (SSSR count). The second kappa shape index (κ2) is 10.0. The Morgan fingerprint density at radius 2 is 1.82 bits per heavy atom. The average Bonchev–Trinajstić information content (AvgIpc) is 2.80. The summed E-state index contributed by atoms with van der Waals surface area (Å²) < 4.78 is 0. The van der Waals surface area contributed by atoms with Crippen molar-refractivity contribution in [3.63, 3.8) is 0 Å². The summed E-state index contributed by atoms with van der Waals surface area (Å²) in [6.45, 7) is 4.76. The van der Waals surface area contributed by atoms with Gasteiger partial charge in [-0.15, -0.1) is 0 Å². The number of amides is 1. The monoisotopic (exact) mass is 437 g/mol. The quantitative estimate of drug-likeness (QED) is 0.425. The molecule has 1 atom stereocenters. The summed E-state index contributed by atoms with van der Waals surface area (Å²) in [4.78, 5) is 26.0. The number of pyridine rings is 3. The third-order valence-electron chi connectivity index (χ3n) is 5.46. The number of primary amides is 1. The maximum absolute atomic E-state index is 12.5. The third-order valence-corrected chi connectivity index (χ3v) is 5.46. The molecule has 0 saturated heterocycles. The van der Waals surface area contributed by atoms with Gasteiger partial charge in [0.2, 0.25) is 5.91 Å². The van der Waals surface area contributed by atoms with Crippen LogP contribution in [0.3, 0.4) is 0 Å². The lowest BCUT2D eigenvalue weighted by Crippen LogP contribution is -2.24. The highest BCUT2D eigenvalue weighted by molar-refractivity contribution is 5.87. The zero-order chi connectivity index (χ0) is 23.2. The van der Waals surface area contributed by atoms with E-state index in [9.17, 15) is 4.79 Å². The van der Waals surface area contributed by atoms with Gasteiger partial charge in [-0.25, -0.2) is 4.98 Å². The smallest absolute Gasteiger partial charge is 0.229 e. The number of anilines is 1. The number of aromatic nitrogens is 3. The molecule has 6 nitrogen and oxygen atoms in total. The summed E-state index contributed by atoms with van der Waals surface area (Å²) in [5.41, 5.74) is 12.5. The van der Waals surface area contributed by atoms with Crippen LogP contribution in [0.25, 0.3) is 11.3 Å². The molecule has 3 heterocycles. The summed E-state index contributed by atoms with van der Waals surface area (Å²) >= 11 is 0. The Morgan fingerprint density at radius 3 is 2.48 bits per heavy atom. The van der Waals surface area contributed by atoms with Crippen LogP contribution in [0.5, 0.6) is 0 Å². The van der Waals surface area contributed by atoms with Gasteiger partial charge < -0.3 is 11.1 Å². The summed E-state index contributed by atoms with van der Waals surface area (Å²) in [6.07, 6.45) is 5.86. The van der Waals surface area contributed by atoms with E-state index in [0.29, 0.717) is 12.4 Å². The largest absolute Gasteiger partial charge is 0.369 e. The number of benzene rings is 1. The van der Waals surface area contributed by atoms with E-state index in [-0.39, 0.29) is 0 Å². The molecule has 166 valence electrons. The van der Waals surface area contributed by atoms with Gasteiger partial charge in [-0.05, 0) is 55.8 Å². The molecule has 1 amide bonds. The van der Waals surface area contributed by atoms with E-state index in [1.807, 2.05) is 36.4 Å². The molecule has 3 aromatic heterocycles. The second-order valence-corrected chi connectivity index (χ2v) is 8.13. The molecule has 0 aliphatic rings. The van der Waals surface area contributed by atoms with E-state index >= 15 is 0 Å². The third kappa shape index (κ3) is 5.41. The number of hydrogen-bond donors (Lipinski definition) is 2. The lowest BCUT2D eigenvalue weighted by molar-refractivity contribution is -0.118. The summed E-state index contributed by atoms with van der Waals surface area (Å²) in [5.74, 6) is -0.469. The van der Waals surface area contributed by atoms with Gasteiger partial charge in [-0.2, -0.15) is 0 Å². The predicted octanol–water partition coefficient (Wildman–Crippen LogP) is 4.43. The number of hydrogen-bond acceptors (Lipinski definition) is 5. The van der Waals surface area contributed by atoms with Crippen molar-refractivity contribution in [2.24, 2.45) is 5.73 Å². The summed E-state index contributed by atoms with van der Waals surface area (Å²) in [5, 5.41) is 3.43. The first kappa shape index (κ1) is 22.1. The first-order valence-corrected chi connectivity index (χ1v) is 10.9. The molecule has 0 aliphatic carbocycles. The molecule has 0 aliphatic heterocycles. The van der Waals surface area contributed by atoms with Crippen molar-refractivity contribution in [2.45, 2.75) is 26.2 Å². The fourth-order valence-electron chi connectivity index (χ4n) is 4.03. The molecule has 33 heavy (non-hydrogen) atoms. The van der Waals surface area contributed by atoms with Crippen LogP contribution >= 0.6 is 0 Å². The van der Waals surface area contributed by atoms with Crippen LogP contribution in [-0.4, -0.2) is 27.4 Å². The summed E-state index contributed by atoms with van der Waals surface area (Å²) in [6, 6.07) is 19.8. The normalized spacial score (nSPS) is 11.7. The first-order valence-electron chi connectivity index (χ1n) is 10.9. The number of nitrogens with one attached hydrogen (secondary N) is 1. The molecule has 6 heteroatoms. The number of nitrogens with two attached hydrogens (primary N) is 1. The maximum atomic E-state index is 12.5. The Balaban J connectivity index is 1.73. The Labute approximate surface area is 194 Å². The highest BCUT2D eigenvalue weighted by Gasteiger charge is 2.24. The Bertz CT molecular complexity index is 1220. The van der Waals surface area contributed by atoms with E-state index in [4.69, 9.17) is 10.7 Å². The first-order chi connectivity index (χ1) is 16.0. The standard InChI is InChI=1S/C27H27N5O/c1-18-14-19(2)16-21(15-18)24-9-8-23(25(26(28)33)20-6-5-11-29-17-20)27(32-24)31-13-10-22-7-3-4-12-30-22/h3-9,11-12,14-17,25H,10,13H2,1-2H3,(H2,28,33)(H,31,32). The van der Waals surface area contributed by atoms with E-state index < -0.39 is 11.8 Å². The molecule has 0 bridgehead atoms. The number of nitrogens with zero attached hydrogens (tertiary/aromatic N) is 3. The number of carbonyl (C=O) groups is 1. The van der Waals surface area contributed by atoms with Crippen molar-refractivity contribution in [3.8, 4) is 11.3 Å². The van der Waals surface area contributed by atoms with E-state index in [1.54, 1.807) is 24.7 Å². The second-order valence-electron chi connectivity index (χ2n) is 8.13. The van der Waals surface area contributed by atoms with Crippen LogP contribution in [0, 0.1) is 13.8 Å². The fraction of sp³-hybridized carbons (Fsp3) is 0.185. The fourth-order valence-corrected chi connectivity index (χ4v) is 4.03. The van der Waals surface area contributed by atoms with Crippen LogP contribution < -0.4 is 11.1 Å². The topological polar surface area (TPSA) is 93.8 Å². The van der Waals surface area contributed by atoms with Crippen LogP contribution in [0.4, 0.5) is 5.82 Å². The van der Waals surface area contributed by atoms with Crippen molar-refractivity contribution in [2.75, 3.05) is 11.9 Å². The summed E-state index contributed by atoms with van der Waals surface area (Å²) in [7, 11) is 0. The highest BCUT2D eigenvalue weighted by atomic mass is 16.1. The molecule has 0 spiro atoms. The Hall–Kier alpha value is -4.06. The van der Waals surface area contributed by atoms with Gasteiger partial charge in [0.05, 0.1) is 11.6 Å². The zero-order valence-corrected chi connectivity index (χ0v) is 18.8. The van der Waals surface area contributed by atoms with Crippen LogP contribution in [0.15, 0.2) is 79.3 Å². The van der Waals surface area contributed by atoms with Gasteiger partial charge in [0.1, 0.15) is 5.82 Å². The van der Waals surface area contributed by atoms with Crippen LogP contribution in [0.2, 0.25) is 0 Å². The minimum absolute atomic E-state index is 0.447. The molecule has 0 fully saturated rings. The molecule has 0 radical (unpaired) electrons. The number of rotatable bonds is 8. The van der Waals surface area contributed by atoms with Gasteiger partial charge in [0, 0.05) is 48.4 Å². The lowest BCUT2D eigenvalue weighted by Gasteiger charge is -2.19. The van der Waals surface area contributed by atoms with Gasteiger partial charge >= 0.3 is 0 Å². The van der Waals surface area contributed by atoms with Crippen molar-refractivity contribution >= 4 is 11.7 Å².